The van der Waals surface area contributed by atoms with E-state index in [9.17, 15) is 4.79 Å². The van der Waals surface area contributed by atoms with Crippen molar-refractivity contribution < 1.29 is 9.53 Å². The van der Waals surface area contributed by atoms with Crippen molar-refractivity contribution >= 4 is 18.0 Å². The number of allylic oxidation sites excluding steroid dienone is 2. The van der Waals surface area contributed by atoms with Crippen LogP contribution in [0.2, 0.25) is 0 Å². The zero-order valence-corrected chi connectivity index (χ0v) is 17.2. The first-order valence-corrected chi connectivity index (χ1v) is 10.3. The fourth-order valence-corrected chi connectivity index (χ4v) is 5.99. The number of nitrogens with one attached hydrogen (secondary N) is 1. The van der Waals surface area contributed by atoms with E-state index in [0.29, 0.717) is 17.8 Å². The summed E-state index contributed by atoms with van der Waals surface area (Å²) in [6, 6.07) is 0. The molecule has 0 radical (unpaired) electrons. The van der Waals surface area contributed by atoms with E-state index in [1.807, 2.05) is 0 Å². The highest BCUT2D eigenvalue weighted by Crippen LogP contribution is 2.54. The first-order chi connectivity index (χ1) is 11.6. The van der Waals surface area contributed by atoms with Gasteiger partial charge in [0.05, 0.1) is 16.6 Å². The van der Waals surface area contributed by atoms with Gasteiger partial charge in [-0.2, -0.15) is 0 Å². The monoisotopic (exact) mass is 367 g/mol. The van der Waals surface area contributed by atoms with E-state index in [1.165, 1.54) is 5.57 Å². The van der Waals surface area contributed by atoms with Crippen LogP contribution in [-0.2, 0) is 9.53 Å². The lowest BCUT2D eigenvalue weighted by Gasteiger charge is -2.58. The summed E-state index contributed by atoms with van der Waals surface area (Å²) in [5.74, 6) is 1.43. The Morgan fingerprint density at radius 3 is 2.52 bits per heavy atom. The Bertz CT molecular complexity index is 560. The fourth-order valence-electron chi connectivity index (χ4n) is 5.84. The van der Waals surface area contributed by atoms with Gasteiger partial charge in [0, 0.05) is 5.54 Å². The highest BCUT2D eigenvalue weighted by molar-refractivity contribution is 6.21. The lowest BCUT2D eigenvalue weighted by molar-refractivity contribution is -0.205. The van der Waals surface area contributed by atoms with Gasteiger partial charge in [-0.3, -0.25) is 4.79 Å². The van der Waals surface area contributed by atoms with Gasteiger partial charge in [0.25, 0.3) is 0 Å². The maximum absolute atomic E-state index is 11.2. The SMILES string of the molecule is CC1=C[C@@H]2[C@@H]([C@@]3(C)CC[C@@H](Cl)C(C)(C)O3)CC[C@](C)(NC=O)[C@H]2CC1. The molecule has 3 rings (SSSR count). The zero-order chi connectivity index (χ0) is 18.5. The molecule has 0 aromatic carbocycles. The van der Waals surface area contributed by atoms with E-state index in [2.05, 4.69) is 46.0 Å². The maximum Gasteiger partial charge on any atom is 0.207 e. The normalized spacial score (nSPS) is 46.7. The predicted molar refractivity (Wildman–Crippen MR) is 103 cm³/mol. The molecule has 2 fully saturated rings. The van der Waals surface area contributed by atoms with Gasteiger partial charge in [-0.25, -0.2) is 0 Å². The van der Waals surface area contributed by atoms with Crippen LogP contribution in [0.5, 0.6) is 0 Å². The molecule has 142 valence electrons. The number of halogens is 1. The van der Waals surface area contributed by atoms with Crippen molar-refractivity contribution in [2.75, 3.05) is 0 Å². The van der Waals surface area contributed by atoms with Crippen molar-refractivity contribution in [2.24, 2.45) is 17.8 Å². The van der Waals surface area contributed by atoms with Gasteiger partial charge in [-0.1, -0.05) is 11.6 Å². The summed E-state index contributed by atoms with van der Waals surface area (Å²) < 4.78 is 6.67. The molecule has 0 bridgehead atoms. The van der Waals surface area contributed by atoms with Crippen LogP contribution >= 0.6 is 11.6 Å². The van der Waals surface area contributed by atoms with Crippen LogP contribution in [0.25, 0.3) is 0 Å². The number of ether oxygens (including phenoxy) is 1. The molecule has 3 aliphatic rings. The second-order valence-corrected chi connectivity index (χ2v) is 10.1. The third-order valence-electron chi connectivity index (χ3n) is 7.37. The predicted octanol–water partition coefficient (Wildman–Crippen LogP) is 4.83. The lowest BCUT2D eigenvalue weighted by atomic mass is 9.55. The van der Waals surface area contributed by atoms with E-state index in [0.717, 1.165) is 44.9 Å². The van der Waals surface area contributed by atoms with Gasteiger partial charge in [0.1, 0.15) is 0 Å². The summed E-state index contributed by atoms with van der Waals surface area (Å²) >= 11 is 6.54. The van der Waals surface area contributed by atoms with E-state index in [4.69, 9.17) is 16.3 Å². The molecule has 3 nitrogen and oxygen atoms in total. The smallest absolute Gasteiger partial charge is 0.207 e. The molecule has 1 heterocycles. The maximum atomic E-state index is 11.2. The Balaban J connectivity index is 1.92. The summed E-state index contributed by atoms with van der Waals surface area (Å²) in [7, 11) is 0. The minimum Gasteiger partial charge on any atom is -0.368 e. The average molecular weight is 368 g/mol. The second-order valence-electron chi connectivity index (χ2n) is 9.58. The quantitative estimate of drug-likeness (QED) is 0.440. The molecular formula is C21H34ClNO2. The van der Waals surface area contributed by atoms with Crippen molar-refractivity contribution in [3.05, 3.63) is 11.6 Å². The largest absolute Gasteiger partial charge is 0.368 e. The molecule has 1 N–H and O–H groups in total. The molecule has 25 heavy (non-hydrogen) atoms. The topological polar surface area (TPSA) is 38.3 Å². The lowest BCUT2D eigenvalue weighted by Crippen LogP contribution is -2.61. The third kappa shape index (κ3) is 3.39. The van der Waals surface area contributed by atoms with Gasteiger partial charge >= 0.3 is 0 Å². The molecule has 4 heteroatoms. The summed E-state index contributed by atoms with van der Waals surface area (Å²) in [6.07, 6.45) is 9.79. The van der Waals surface area contributed by atoms with Crippen LogP contribution in [0.4, 0.5) is 0 Å². The third-order valence-corrected chi connectivity index (χ3v) is 8.11. The minimum absolute atomic E-state index is 0.0746. The van der Waals surface area contributed by atoms with Crippen LogP contribution in [0, 0.1) is 17.8 Å². The molecule has 0 aromatic rings. The van der Waals surface area contributed by atoms with Crippen LogP contribution < -0.4 is 5.32 Å². The highest BCUT2D eigenvalue weighted by Gasteiger charge is 2.55. The number of carbonyl (C=O) groups is 1. The van der Waals surface area contributed by atoms with Gasteiger partial charge in [0.2, 0.25) is 6.41 Å². The van der Waals surface area contributed by atoms with Crippen molar-refractivity contribution in [3.63, 3.8) is 0 Å². The summed E-state index contributed by atoms with van der Waals surface area (Å²) in [5.41, 5.74) is 0.944. The minimum atomic E-state index is -0.292. The summed E-state index contributed by atoms with van der Waals surface area (Å²) in [6.45, 7) is 11.0. The number of amides is 1. The van der Waals surface area contributed by atoms with E-state index in [-0.39, 0.29) is 22.1 Å². The molecule has 6 atom stereocenters. The van der Waals surface area contributed by atoms with E-state index in [1.54, 1.807) is 0 Å². The van der Waals surface area contributed by atoms with Gasteiger partial charge in [-0.05, 0) is 90.9 Å². The highest BCUT2D eigenvalue weighted by atomic mass is 35.5. The number of carbonyl (C=O) groups excluding carboxylic acids is 1. The molecule has 0 aromatic heterocycles. The first-order valence-electron chi connectivity index (χ1n) is 9.84. The van der Waals surface area contributed by atoms with Crippen LogP contribution in [0.1, 0.15) is 73.1 Å². The zero-order valence-electron chi connectivity index (χ0n) is 16.4. The van der Waals surface area contributed by atoms with Crippen LogP contribution in [0.15, 0.2) is 11.6 Å². The summed E-state index contributed by atoms with van der Waals surface area (Å²) in [5, 5.41) is 3.24. The summed E-state index contributed by atoms with van der Waals surface area (Å²) in [4.78, 5) is 11.2. The number of rotatable bonds is 3. The Morgan fingerprint density at radius 1 is 1.16 bits per heavy atom. The Morgan fingerprint density at radius 2 is 1.88 bits per heavy atom. The fraction of sp³-hybridized carbons (Fsp3) is 0.857. The van der Waals surface area contributed by atoms with Crippen LogP contribution in [-0.4, -0.2) is 28.5 Å². The van der Waals surface area contributed by atoms with Crippen molar-refractivity contribution in [2.45, 2.75) is 95.3 Å². The van der Waals surface area contributed by atoms with E-state index < -0.39 is 0 Å². The Kier molecular flexibility index (Phi) is 5.05. The Hall–Kier alpha value is -0.540. The number of fused-ring (bicyclic) bond motifs is 1. The molecule has 1 saturated carbocycles. The number of alkyl halides is 1. The van der Waals surface area contributed by atoms with Crippen molar-refractivity contribution in [1.82, 2.24) is 5.32 Å². The molecule has 0 unspecified atom stereocenters. The molecule has 1 aliphatic heterocycles. The molecule has 1 saturated heterocycles. The number of hydrogen-bond acceptors (Lipinski definition) is 2. The molecule has 1 amide bonds. The van der Waals surface area contributed by atoms with Gasteiger partial charge < -0.3 is 10.1 Å². The van der Waals surface area contributed by atoms with E-state index >= 15 is 0 Å². The van der Waals surface area contributed by atoms with Gasteiger partial charge in [-0.15, -0.1) is 11.6 Å². The first kappa shape index (κ1) is 19.2. The molecular weight excluding hydrogens is 334 g/mol. The second kappa shape index (κ2) is 6.56. The number of hydrogen-bond donors (Lipinski definition) is 1. The van der Waals surface area contributed by atoms with Crippen molar-refractivity contribution in [3.8, 4) is 0 Å². The standard InChI is InChI=1S/C21H34ClNO2/c1-14-6-7-16-15(12-14)17(8-10-20(16,4)23-13-24)21(5)11-9-18(22)19(2,3)25-21/h12-13,15-18H,6-11H2,1-5H3,(H,23,24)/t15-,16-,17-,18+,20-,21+/m0/s1. The molecule has 2 aliphatic carbocycles. The van der Waals surface area contributed by atoms with Crippen LogP contribution in [0.3, 0.4) is 0 Å². The molecule has 0 spiro atoms. The van der Waals surface area contributed by atoms with Gasteiger partial charge in [0.15, 0.2) is 0 Å². The Labute approximate surface area is 157 Å². The average Bonchev–Trinajstić information content (AvgIpc) is 2.51. The van der Waals surface area contributed by atoms with Crippen molar-refractivity contribution in [1.29, 1.82) is 0 Å².